The van der Waals surface area contributed by atoms with Crippen LogP contribution in [0.4, 0.5) is 0 Å². The van der Waals surface area contributed by atoms with Gasteiger partial charge < -0.3 is 5.32 Å². The molecule has 1 N–H and O–H groups in total. The van der Waals surface area contributed by atoms with Crippen molar-refractivity contribution in [1.29, 1.82) is 0 Å². The molecule has 2 aromatic heterocycles. The summed E-state index contributed by atoms with van der Waals surface area (Å²) in [5.41, 5.74) is 2.58. The van der Waals surface area contributed by atoms with Crippen LogP contribution in [0, 0.1) is 6.92 Å². The minimum atomic E-state index is -0.648. The van der Waals surface area contributed by atoms with Crippen molar-refractivity contribution in [3.05, 3.63) is 88.5 Å². The van der Waals surface area contributed by atoms with Crippen LogP contribution in [0.15, 0.2) is 71.8 Å². The van der Waals surface area contributed by atoms with E-state index in [1.54, 1.807) is 0 Å². The molecular formula is C25H23N3O3S. The Kier molecular flexibility index (Phi) is 6.28. The Morgan fingerprint density at radius 2 is 1.72 bits per heavy atom. The van der Waals surface area contributed by atoms with Crippen LogP contribution in [-0.4, -0.2) is 27.3 Å². The highest BCUT2D eigenvalue weighted by atomic mass is 32.1. The molecule has 0 fully saturated rings. The number of rotatable bonds is 7. The van der Waals surface area contributed by atoms with Crippen molar-refractivity contribution in [1.82, 2.24) is 14.9 Å². The van der Waals surface area contributed by atoms with Crippen molar-refractivity contribution >= 4 is 33.2 Å². The first-order chi connectivity index (χ1) is 15.4. The number of ketones is 1. The van der Waals surface area contributed by atoms with Gasteiger partial charge in [0.25, 0.3) is 5.56 Å². The maximum atomic E-state index is 13.1. The molecule has 1 atom stereocenters. The molecule has 1 unspecified atom stereocenters. The Bertz CT molecular complexity index is 1330. The SMILES string of the molecule is CC(=O)C(Cc1ccccc1)NC(=O)Cn1cnc2sc(-c3ccccc3)c(C)c2c1=O. The van der Waals surface area contributed by atoms with Crippen molar-refractivity contribution in [2.75, 3.05) is 0 Å². The topological polar surface area (TPSA) is 81.1 Å². The number of nitrogens with zero attached hydrogens (tertiary/aromatic N) is 2. The van der Waals surface area contributed by atoms with E-state index < -0.39 is 11.9 Å². The summed E-state index contributed by atoms with van der Waals surface area (Å²) in [6.45, 7) is 3.16. The number of aromatic nitrogens is 2. The van der Waals surface area contributed by atoms with Gasteiger partial charge in [0.05, 0.1) is 17.8 Å². The lowest BCUT2D eigenvalue weighted by Gasteiger charge is -2.16. The summed E-state index contributed by atoms with van der Waals surface area (Å²) < 4.78 is 1.30. The van der Waals surface area contributed by atoms with Gasteiger partial charge in [-0.2, -0.15) is 0 Å². The molecule has 0 aliphatic carbocycles. The van der Waals surface area contributed by atoms with Gasteiger partial charge in [-0.25, -0.2) is 4.98 Å². The highest BCUT2D eigenvalue weighted by Gasteiger charge is 2.20. The van der Waals surface area contributed by atoms with Crippen LogP contribution in [0.25, 0.3) is 20.7 Å². The fourth-order valence-corrected chi connectivity index (χ4v) is 4.82. The minimum Gasteiger partial charge on any atom is -0.344 e. The van der Waals surface area contributed by atoms with E-state index in [0.717, 1.165) is 21.6 Å². The van der Waals surface area contributed by atoms with Crippen molar-refractivity contribution in [3.8, 4) is 10.4 Å². The molecule has 0 spiro atoms. The number of hydrogen-bond acceptors (Lipinski definition) is 5. The number of nitrogens with one attached hydrogen (secondary N) is 1. The molecule has 0 saturated heterocycles. The summed E-state index contributed by atoms with van der Waals surface area (Å²) in [5, 5.41) is 3.29. The largest absolute Gasteiger partial charge is 0.344 e. The summed E-state index contributed by atoms with van der Waals surface area (Å²) in [6, 6.07) is 18.7. The highest BCUT2D eigenvalue weighted by Crippen LogP contribution is 2.35. The summed E-state index contributed by atoms with van der Waals surface area (Å²) in [4.78, 5) is 43.9. The monoisotopic (exact) mass is 445 g/mol. The number of thiophene rings is 1. The van der Waals surface area contributed by atoms with Gasteiger partial charge in [-0.05, 0) is 37.0 Å². The van der Waals surface area contributed by atoms with Gasteiger partial charge >= 0.3 is 0 Å². The molecule has 162 valence electrons. The van der Waals surface area contributed by atoms with E-state index in [2.05, 4.69) is 10.3 Å². The Balaban J connectivity index is 1.56. The van der Waals surface area contributed by atoms with E-state index in [1.165, 1.54) is 29.2 Å². The zero-order valence-electron chi connectivity index (χ0n) is 17.9. The standard InChI is InChI=1S/C25H23N3O3S/c1-16-22-24(32-23(16)19-11-7-4-8-12-19)26-15-28(25(22)31)14-21(30)27-20(17(2)29)13-18-9-5-3-6-10-18/h3-12,15,20H,13-14H2,1-2H3,(H,27,30). The van der Waals surface area contributed by atoms with Crippen molar-refractivity contribution in [2.45, 2.75) is 32.9 Å². The van der Waals surface area contributed by atoms with Crippen LogP contribution in [0.2, 0.25) is 0 Å². The van der Waals surface area contributed by atoms with Crippen LogP contribution < -0.4 is 10.9 Å². The fourth-order valence-electron chi connectivity index (χ4n) is 3.68. The second kappa shape index (κ2) is 9.28. The Morgan fingerprint density at radius 1 is 1.06 bits per heavy atom. The number of amides is 1. The molecule has 4 rings (SSSR count). The first kappa shape index (κ1) is 21.6. The molecular weight excluding hydrogens is 422 g/mol. The van der Waals surface area contributed by atoms with Gasteiger partial charge in [-0.3, -0.25) is 19.0 Å². The summed E-state index contributed by atoms with van der Waals surface area (Å²) in [7, 11) is 0. The molecule has 1 amide bonds. The third-order valence-corrected chi connectivity index (χ3v) is 6.62. The van der Waals surface area contributed by atoms with E-state index in [0.29, 0.717) is 16.6 Å². The van der Waals surface area contributed by atoms with E-state index >= 15 is 0 Å². The van der Waals surface area contributed by atoms with Crippen molar-refractivity contribution in [3.63, 3.8) is 0 Å². The van der Waals surface area contributed by atoms with Crippen LogP contribution >= 0.6 is 11.3 Å². The number of Topliss-reactive ketones (excluding diaryl/α,β-unsaturated/α-hetero) is 1. The maximum absolute atomic E-state index is 13.1. The van der Waals surface area contributed by atoms with Crippen LogP contribution in [0.3, 0.4) is 0 Å². The zero-order valence-corrected chi connectivity index (χ0v) is 18.7. The molecule has 0 aliphatic rings. The quantitative estimate of drug-likeness (QED) is 0.470. The van der Waals surface area contributed by atoms with E-state index in [4.69, 9.17) is 0 Å². The molecule has 2 heterocycles. The summed E-state index contributed by atoms with van der Waals surface area (Å²) >= 11 is 1.46. The predicted molar refractivity (Wildman–Crippen MR) is 127 cm³/mol. The Morgan fingerprint density at radius 3 is 2.38 bits per heavy atom. The number of fused-ring (bicyclic) bond motifs is 1. The second-order valence-corrected chi connectivity index (χ2v) is 8.70. The van der Waals surface area contributed by atoms with E-state index in [-0.39, 0.29) is 17.9 Å². The van der Waals surface area contributed by atoms with E-state index in [9.17, 15) is 14.4 Å². The molecule has 2 aromatic carbocycles. The normalized spacial score (nSPS) is 11.9. The molecule has 0 saturated carbocycles. The number of benzene rings is 2. The third kappa shape index (κ3) is 4.53. The highest BCUT2D eigenvalue weighted by molar-refractivity contribution is 7.22. The average Bonchev–Trinajstić information content (AvgIpc) is 3.13. The van der Waals surface area contributed by atoms with Crippen LogP contribution in [0.5, 0.6) is 0 Å². The fraction of sp³-hybridized carbons (Fsp3) is 0.200. The molecule has 0 radical (unpaired) electrons. The number of carbonyl (C=O) groups is 2. The van der Waals surface area contributed by atoms with E-state index in [1.807, 2.05) is 67.6 Å². The summed E-state index contributed by atoms with van der Waals surface area (Å²) in [6.07, 6.45) is 1.80. The average molecular weight is 446 g/mol. The Hall–Kier alpha value is -3.58. The van der Waals surface area contributed by atoms with Gasteiger partial charge in [-0.15, -0.1) is 11.3 Å². The second-order valence-electron chi connectivity index (χ2n) is 7.70. The molecule has 4 aromatic rings. The third-order valence-electron chi connectivity index (χ3n) is 5.38. The van der Waals surface area contributed by atoms with Gasteiger partial charge in [0.1, 0.15) is 11.4 Å². The molecule has 32 heavy (non-hydrogen) atoms. The van der Waals surface area contributed by atoms with Crippen molar-refractivity contribution < 1.29 is 9.59 Å². The maximum Gasteiger partial charge on any atom is 0.262 e. The number of hydrogen-bond donors (Lipinski definition) is 1. The van der Waals surface area contributed by atoms with Crippen molar-refractivity contribution in [2.24, 2.45) is 0 Å². The lowest BCUT2D eigenvalue weighted by atomic mass is 10.0. The molecule has 7 heteroatoms. The lowest BCUT2D eigenvalue weighted by molar-refractivity contribution is -0.127. The smallest absolute Gasteiger partial charge is 0.262 e. The minimum absolute atomic E-state index is 0.135. The van der Waals surface area contributed by atoms with Gasteiger partial charge in [0.15, 0.2) is 5.78 Å². The molecule has 0 bridgehead atoms. The first-order valence-corrected chi connectivity index (χ1v) is 11.1. The first-order valence-electron chi connectivity index (χ1n) is 10.3. The number of carbonyl (C=O) groups excluding carboxylic acids is 2. The number of aryl methyl sites for hydroxylation is 1. The summed E-state index contributed by atoms with van der Waals surface area (Å²) in [5.74, 6) is -0.537. The molecule has 6 nitrogen and oxygen atoms in total. The zero-order chi connectivity index (χ0) is 22.7. The van der Waals surface area contributed by atoms with Crippen LogP contribution in [-0.2, 0) is 22.6 Å². The van der Waals surface area contributed by atoms with Crippen LogP contribution in [0.1, 0.15) is 18.1 Å². The van der Waals surface area contributed by atoms with Gasteiger partial charge in [0, 0.05) is 4.88 Å². The van der Waals surface area contributed by atoms with Gasteiger partial charge in [-0.1, -0.05) is 60.7 Å². The Labute approximate surface area is 189 Å². The predicted octanol–water partition coefficient (Wildman–Crippen LogP) is 3.75. The lowest BCUT2D eigenvalue weighted by Crippen LogP contribution is -2.43. The molecule has 0 aliphatic heterocycles. The van der Waals surface area contributed by atoms with Gasteiger partial charge in [0.2, 0.25) is 5.91 Å².